The van der Waals surface area contributed by atoms with E-state index in [0.717, 1.165) is 27.8 Å². The lowest BCUT2D eigenvalue weighted by molar-refractivity contribution is 0.398. The van der Waals surface area contributed by atoms with Gasteiger partial charge in [0, 0.05) is 40.5 Å². The van der Waals surface area contributed by atoms with Crippen LogP contribution in [0.4, 0.5) is 0 Å². The van der Waals surface area contributed by atoms with Crippen molar-refractivity contribution < 1.29 is 9.15 Å². The van der Waals surface area contributed by atoms with Gasteiger partial charge < -0.3 is 9.15 Å². The van der Waals surface area contributed by atoms with Crippen molar-refractivity contribution >= 4 is 11.1 Å². The maximum Gasteiger partial charge on any atom is 0.227 e. The van der Waals surface area contributed by atoms with Gasteiger partial charge in [0.1, 0.15) is 5.76 Å². The van der Waals surface area contributed by atoms with E-state index in [1.54, 1.807) is 19.5 Å². The molecule has 0 N–H and O–H groups in total. The number of benzene rings is 1. The van der Waals surface area contributed by atoms with Gasteiger partial charge in [-0.05, 0) is 18.2 Å². The number of hydrogen-bond acceptors (Lipinski definition) is 4. The number of pyridine rings is 2. The van der Waals surface area contributed by atoms with Crippen LogP contribution in [0, 0.1) is 0 Å². The number of fused-ring (bicyclic) bond motifs is 1. The molecule has 0 bridgehead atoms. The fourth-order valence-electron chi connectivity index (χ4n) is 2.66. The van der Waals surface area contributed by atoms with Gasteiger partial charge in [0.05, 0.1) is 7.11 Å². The number of rotatable bonds is 3. The molecule has 0 aliphatic carbocycles. The largest absolute Gasteiger partial charge is 0.481 e. The predicted molar refractivity (Wildman–Crippen MR) is 89.2 cm³/mol. The first-order valence-corrected chi connectivity index (χ1v) is 7.30. The molecule has 4 rings (SSSR count). The molecule has 0 radical (unpaired) electrons. The van der Waals surface area contributed by atoms with Crippen LogP contribution < -0.4 is 4.74 Å². The normalized spacial score (nSPS) is 10.8. The molecule has 4 nitrogen and oxygen atoms in total. The number of methoxy groups -OCH3 is 1. The molecule has 0 amide bonds. The van der Waals surface area contributed by atoms with E-state index in [9.17, 15) is 0 Å². The fraction of sp³-hybridized carbons (Fsp3) is 0.0526. The van der Waals surface area contributed by atoms with Gasteiger partial charge in [-0.25, -0.2) is 9.97 Å². The van der Waals surface area contributed by atoms with E-state index >= 15 is 0 Å². The summed E-state index contributed by atoms with van der Waals surface area (Å²) in [6.07, 6.45) is 3.53. The standard InChI is InChI=1S/C19H14N2O2/c1-22-16-10-9-14(12-21-16)17-15-8-5-11-20-19(15)23-18(17)13-6-3-2-4-7-13/h2-12H,1H3. The zero-order valence-electron chi connectivity index (χ0n) is 12.6. The van der Waals surface area contributed by atoms with Gasteiger partial charge >= 0.3 is 0 Å². The Morgan fingerprint density at radius 2 is 1.74 bits per heavy atom. The Morgan fingerprint density at radius 3 is 2.48 bits per heavy atom. The summed E-state index contributed by atoms with van der Waals surface area (Å²) in [6.45, 7) is 0. The first-order chi connectivity index (χ1) is 11.4. The lowest BCUT2D eigenvalue weighted by Gasteiger charge is -2.04. The molecule has 0 fully saturated rings. The van der Waals surface area contributed by atoms with Gasteiger partial charge in [0.2, 0.25) is 11.6 Å². The Kier molecular flexibility index (Phi) is 3.27. The van der Waals surface area contributed by atoms with Gasteiger partial charge in [-0.3, -0.25) is 0 Å². The number of furan rings is 1. The molecule has 0 unspecified atom stereocenters. The van der Waals surface area contributed by atoms with Crippen molar-refractivity contribution in [1.82, 2.24) is 9.97 Å². The maximum atomic E-state index is 6.03. The van der Waals surface area contributed by atoms with Gasteiger partial charge in [0.15, 0.2) is 0 Å². The number of aromatic nitrogens is 2. The molecular formula is C19H14N2O2. The molecule has 1 aromatic carbocycles. The van der Waals surface area contributed by atoms with Crippen molar-refractivity contribution in [2.75, 3.05) is 7.11 Å². The summed E-state index contributed by atoms with van der Waals surface area (Å²) in [5.41, 5.74) is 3.60. The second-order valence-electron chi connectivity index (χ2n) is 5.12. The molecule has 3 aromatic heterocycles. The third kappa shape index (κ3) is 2.34. The zero-order chi connectivity index (χ0) is 15.6. The SMILES string of the molecule is COc1ccc(-c2c(-c3ccccc3)oc3ncccc23)cn1. The molecule has 0 saturated heterocycles. The third-order valence-corrected chi connectivity index (χ3v) is 3.74. The van der Waals surface area contributed by atoms with Crippen LogP contribution in [0.1, 0.15) is 0 Å². The molecule has 0 saturated carbocycles. The molecule has 0 aliphatic rings. The lowest BCUT2D eigenvalue weighted by Crippen LogP contribution is -1.88. The van der Waals surface area contributed by atoms with E-state index in [2.05, 4.69) is 9.97 Å². The summed E-state index contributed by atoms with van der Waals surface area (Å²) >= 11 is 0. The molecular weight excluding hydrogens is 288 g/mol. The van der Waals surface area contributed by atoms with Crippen LogP contribution in [0.25, 0.3) is 33.6 Å². The molecule has 112 valence electrons. The number of nitrogens with zero attached hydrogens (tertiary/aromatic N) is 2. The lowest BCUT2D eigenvalue weighted by atomic mass is 10.0. The van der Waals surface area contributed by atoms with Crippen molar-refractivity contribution in [1.29, 1.82) is 0 Å². The summed E-state index contributed by atoms with van der Waals surface area (Å²) in [5.74, 6) is 1.38. The van der Waals surface area contributed by atoms with Crippen LogP contribution in [0.3, 0.4) is 0 Å². The van der Waals surface area contributed by atoms with Gasteiger partial charge in [-0.1, -0.05) is 30.3 Å². The Morgan fingerprint density at radius 1 is 0.870 bits per heavy atom. The minimum atomic E-state index is 0.584. The summed E-state index contributed by atoms with van der Waals surface area (Å²) in [5, 5.41) is 0.971. The smallest absolute Gasteiger partial charge is 0.227 e. The van der Waals surface area contributed by atoms with E-state index in [1.165, 1.54) is 0 Å². The highest BCUT2D eigenvalue weighted by Gasteiger charge is 2.18. The van der Waals surface area contributed by atoms with Gasteiger partial charge in [0.25, 0.3) is 0 Å². The van der Waals surface area contributed by atoms with E-state index in [0.29, 0.717) is 11.6 Å². The van der Waals surface area contributed by atoms with Crippen molar-refractivity contribution in [2.24, 2.45) is 0 Å². The van der Waals surface area contributed by atoms with Crippen molar-refractivity contribution in [3.05, 3.63) is 67.0 Å². The number of hydrogen-bond donors (Lipinski definition) is 0. The highest BCUT2D eigenvalue weighted by atomic mass is 16.5. The van der Waals surface area contributed by atoms with E-state index in [-0.39, 0.29) is 0 Å². The Hall–Kier alpha value is -3.14. The van der Waals surface area contributed by atoms with Crippen LogP contribution in [0.15, 0.2) is 71.4 Å². The molecule has 4 aromatic rings. The van der Waals surface area contributed by atoms with E-state index < -0.39 is 0 Å². The van der Waals surface area contributed by atoms with Crippen LogP contribution >= 0.6 is 0 Å². The minimum absolute atomic E-state index is 0.584. The fourth-order valence-corrected chi connectivity index (χ4v) is 2.66. The summed E-state index contributed by atoms with van der Waals surface area (Å²) in [4.78, 5) is 8.65. The monoisotopic (exact) mass is 302 g/mol. The summed E-state index contributed by atoms with van der Waals surface area (Å²) in [6, 6.07) is 17.8. The zero-order valence-corrected chi connectivity index (χ0v) is 12.6. The molecule has 4 heteroatoms. The Labute approximate surface area is 133 Å². The van der Waals surface area contributed by atoms with E-state index in [1.807, 2.05) is 54.6 Å². The first-order valence-electron chi connectivity index (χ1n) is 7.30. The summed E-state index contributed by atoms with van der Waals surface area (Å²) in [7, 11) is 1.61. The first kappa shape index (κ1) is 13.5. The van der Waals surface area contributed by atoms with Crippen LogP contribution in [-0.4, -0.2) is 17.1 Å². The van der Waals surface area contributed by atoms with Crippen LogP contribution in [0.5, 0.6) is 5.88 Å². The second kappa shape index (κ2) is 5.57. The van der Waals surface area contributed by atoms with E-state index in [4.69, 9.17) is 9.15 Å². The second-order valence-corrected chi connectivity index (χ2v) is 5.12. The molecule has 0 aliphatic heterocycles. The summed E-state index contributed by atoms with van der Waals surface area (Å²) < 4.78 is 11.2. The maximum absolute atomic E-state index is 6.03. The number of ether oxygens (including phenoxy) is 1. The molecule has 23 heavy (non-hydrogen) atoms. The molecule has 0 spiro atoms. The molecule has 0 atom stereocenters. The Bertz CT molecular complexity index is 944. The minimum Gasteiger partial charge on any atom is -0.481 e. The predicted octanol–water partition coefficient (Wildman–Crippen LogP) is 4.57. The van der Waals surface area contributed by atoms with Gasteiger partial charge in [-0.15, -0.1) is 0 Å². The van der Waals surface area contributed by atoms with Crippen LogP contribution in [0.2, 0.25) is 0 Å². The van der Waals surface area contributed by atoms with Crippen molar-refractivity contribution in [3.63, 3.8) is 0 Å². The van der Waals surface area contributed by atoms with Crippen molar-refractivity contribution in [2.45, 2.75) is 0 Å². The highest BCUT2D eigenvalue weighted by molar-refractivity contribution is 6.00. The van der Waals surface area contributed by atoms with Crippen LogP contribution in [-0.2, 0) is 0 Å². The topological polar surface area (TPSA) is 48.2 Å². The molecule has 3 heterocycles. The van der Waals surface area contributed by atoms with Gasteiger partial charge in [-0.2, -0.15) is 0 Å². The van der Waals surface area contributed by atoms with Crippen molar-refractivity contribution in [3.8, 4) is 28.3 Å². The average Bonchev–Trinajstić information content (AvgIpc) is 3.02. The third-order valence-electron chi connectivity index (χ3n) is 3.74. The average molecular weight is 302 g/mol. The Balaban J connectivity index is 1.99. The highest BCUT2D eigenvalue weighted by Crippen LogP contribution is 2.39. The quantitative estimate of drug-likeness (QED) is 0.556.